The molecule has 0 aromatic rings. The molecule has 0 saturated heterocycles. The van der Waals surface area contributed by atoms with E-state index >= 15 is 0 Å². The summed E-state index contributed by atoms with van der Waals surface area (Å²) >= 11 is 0. The van der Waals surface area contributed by atoms with Crippen LogP contribution in [0.3, 0.4) is 0 Å². The van der Waals surface area contributed by atoms with Crippen LogP contribution in [0.2, 0.25) is 0 Å². The van der Waals surface area contributed by atoms with Gasteiger partial charge in [0.25, 0.3) is 0 Å². The summed E-state index contributed by atoms with van der Waals surface area (Å²) in [5.41, 5.74) is 7.66. The largest absolute Gasteiger partial charge is 0.465 e. The Morgan fingerprint density at radius 2 is 2.44 bits per heavy atom. The summed E-state index contributed by atoms with van der Waals surface area (Å²) in [6, 6.07) is 0. The van der Waals surface area contributed by atoms with Crippen molar-refractivity contribution >= 4 is 5.97 Å². The number of rotatable bonds is 6. The highest BCUT2D eigenvalue weighted by Crippen LogP contribution is 2.33. The molecule has 0 aromatic heterocycles. The van der Waals surface area contributed by atoms with Gasteiger partial charge in [0, 0.05) is 18.0 Å². The van der Waals surface area contributed by atoms with Crippen molar-refractivity contribution in [1.29, 1.82) is 0 Å². The first-order chi connectivity index (χ1) is 8.64. The van der Waals surface area contributed by atoms with Crippen LogP contribution >= 0.6 is 0 Å². The molecule has 0 aliphatic heterocycles. The van der Waals surface area contributed by atoms with Crippen LogP contribution in [-0.4, -0.2) is 31.2 Å². The molecule has 2 unspecified atom stereocenters. The zero-order valence-corrected chi connectivity index (χ0v) is 11.2. The molecule has 1 aliphatic rings. The normalized spacial score (nSPS) is 27.3. The van der Waals surface area contributed by atoms with E-state index in [1.807, 2.05) is 6.92 Å². The molecule has 1 rings (SSSR count). The van der Waals surface area contributed by atoms with Crippen LogP contribution < -0.4 is 5.32 Å². The van der Waals surface area contributed by atoms with Gasteiger partial charge in [-0.05, 0) is 31.2 Å². The second-order valence-electron chi connectivity index (χ2n) is 4.89. The van der Waals surface area contributed by atoms with Gasteiger partial charge in [-0.3, -0.25) is 4.79 Å². The summed E-state index contributed by atoms with van der Waals surface area (Å²) in [6.07, 6.45) is 3.77. The van der Waals surface area contributed by atoms with Gasteiger partial charge < -0.3 is 10.1 Å². The van der Waals surface area contributed by atoms with Crippen molar-refractivity contribution in [1.82, 2.24) is 5.32 Å². The van der Waals surface area contributed by atoms with Crippen molar-refractivity contribution in [2.75, 3.05) is 19.7 Å². The van der Waals surface area contributed by atoms with Crippen LogP contribution in [0.15, 0.2) is 5.11 Å². The van der Waals surface area contributed by atoms with E-state index in [0.717, 1.165) is 25.7 Å². The number of azide groups is 1. The van der Waals surface area contributed by atoms with E-state index < -0.39 is 5.54 Å². The minimum absolute atomic E-state index is 0.169. The summed E-state index contributed by atoms with van der Waals surface area (Å²) in [5, 5.41) is 6.72. The van der Waals surface area contributed by atoms with Gasteiger partial charge in [-0.2, -0.15) is 0 Å². The monoisotopic (exact) mass is 254 g/mol. The lowest BCUT2D eigenvalue weighted by atomic mass is 9.76. The Hall–Kier alpha value is -1.26. The van der Waals surface area contributed by atoms with E-state index in [0.29, 0.717) is 25.6 Å². The van der Waals surface area contributed by atoms with Crippen LogP contribution in [0.25, 0.3) is 10.4 Å². The van der Waals surface area contributed by atoms with E-state index in [1.54, 1.807) is 0 Å². The second-order valence-corrected chi connectivity index (χ2v) is 4.89. The SMILES string of the molecule is CCOC(=O)C1(NCCN=[N+]=[N-])CCCC(C)C1. The second kappa shape index (κ2) is 7.24. The van der Waals surface area contributed by atoms with Crippen LogP contribution in [0.1, 0.15) is 39.5 Å². The third-order valence-corrected chi connectivity index (χ3v) is 3.40. The molecule has 1 N–H and O–H groups in total. The highest BCUT2D eigenvalue weighted by molar-refractivity contribution is 5.81. The lowest BCUT2D eigenvalue weighted by Crippen LogP contribution is -2.56. The average molecular weight is 254 g/mol. The van der Waals surface area contributed by atoms with E-state index in [1.165, 1.54) is 0 Å². The molecule has 0 heterocycles. The number of hydrogen-bond acceptors (Lipinski definition) is 4. The predicted octanol–water partition coefficient (Wildman–Crippen LogP) is 2.40. The van der Waals surface area contributed by atoms with Crippen molar-refractivity contribution in [3.8, 4) is 0 Å². The average Bonchev–Trinajstić information content (AvgIpc) is 2.35. The van der Waals surface area contributed by atoms with Gasteiger partial charge in [-0.25, -0.2) is 0 Å². The van der Waals surface area contributed by atoms with E-state index in [9.17, 15) is 4.79 Å². The molecule has 0 radical (unpaired) electrons. The minimum Gasteiger partial charge on any atom is -0.465 e. The van der Waals surface area contributed by atoms with Gasteiger partial charge in [0.15, 0.2) is 0 Å². The Morgan fingerprint density at radius 3 is 3.06 bits per heavy atom. The Balaban J connectivity index is 2.66. The molecular formula is C12H22N4O2. The Kier molecular flexibility index (Phi) is 5.95. The van der Waals surface area contributed by atoms with Crippen molar-refractivity contribution in [3.63, 3.8) is 0 Å². The molecule has 0 bridgehead atoms. The van der Waals surface area contributed by atoms with Gasteiger partial charge in [-0.15, -0.1) is 0 Å². The van der Waals surface area contributed by atoms with E-state index in [4.69, 9.17) is 10.3 Å². The van der Waals surface area contributed by atoms with E-state index in [-0.39, 0.29) is 5.97 Å². The standard InChI is InChI=1S/C12H22N4O2/c1-3-18-11(17)12(14-7-8-15-16-13)6-4-5-10(2)9-12/h10,14H,3-9H2,1-2H3. The lowest BCUT2D eigenvalue weighted by Gasteiger charge is -2.38. The number of carbonyl (C=O) groups is 1. The van der Waals surface area contributed by atoms with Gasteiger partial charge in [-0.1, -0.05) is 24.9 Å². The first kappa shape index (κ1) is 14.8. The van der Waals surface area contributed by atoms with Gasteiger partial charge in [0.1, 0.15) is 5.54 Å². The third kappa shape index (κ3) is 3.89. The molecule has 1 saturated carbocycles. The molecule has 0 aromatic carbocycles. The highest BCUT2D eigenvalue weighted by Gasteiger charge is 2.42. The zero-order chi connectivity index (χ0) is 13.4. The third-order valence-electron chi connectivity index (χ3n) is 3.40. The van der Waals surface area contributed by atoms with Crippen molar-refractivity contribution < 1.29 is 9.53 Å². The summed E-state index contributed by atoms with van der Waals surface area (Å²) in [7, 11) is 0. The maximum absolute atomic E-state index is 12.1. The molecule has 18 heavy (non-hydrogen) atoms. The molecule has 1 aliphatic carbocycles. The number of hydrogen-bond donors (Lipinski definition) is 1. The maximum Gasteiger partial charge on any atom is 0.326 e. The van der Waals surface area contributed by atoms with Gasteiger partial charge in [0.05, 0.1) is 6.61 Å². The number of ether oxygens (including phenoxy) is 1. The van der Waals surface area contributed by atoms with E-state index in [2.05, 4.69) is 22.3 Å². The maximum atomic E-state index is 12.1. The minimum atomic E-state index is -0.585. The lowest BCUT2D eigenvalue weighted by molar-refractivity contribution is -0.153. The topological polar surface area (TPSA) is 87.1 Å². The Labute approximate surface area is 108 Å². The van der Waals surface area contributed by atoms with Crippen LogP contribution in [0.4, 0.5) is 0 Å². The molecule has 102 valence electrons. The van der Waals surface area contributed by atoms with Crippen molar-refractivity contribution in [2.45, 2.75) is 45.1 Å². The fraction of sp³-hybridized carbons (Fsp3) is 0.917. The molecule has 6 heteroatoms. The zero-order valence-electron chi connectivity index (χ0n) is 11.2. The first-order valence-electron chi connectivity index (χ1n) is 6.57. The fourth-order valence-electron chi connectivity index (χ4n) is 2.63. The number of nitrogens with zero attached hydrogens (tertiary/aromatic N) is 3. The van der Waals surface area contributed by atoms with Crippen molar-refractivity contribution in [3.05, 3.63) is 10.4 Å². The highest BCUT2D eigenvalue weighted by atomic mass is 16.5. The summed E-state index contributed by atoms with van der Waals surface area (Å²) in [6.45, 7) is 5.23. The Bertz CT molecular complexity index is 328. The quantitative estimate of drug-likeness (QED) is 0.259. The number of esters is 1. The molecule has 0 spiro atoms. The Morgan fingerprint density at radius 1 is 1.67 bits per heavy atom. The van der Waals surface area contributed by atoms with Crippen LogP contribution in [0, 0.1) is 5.92 Å². The number of carbonyl (C=O) groups excluding carboxylic acids is 1. The molecule has 0 amide bonds. The predicted molar refractivity (Wildman–Crippen MR) is 69.0 cm³/mol. The summed E-state index contributed by atoms with van der Waals surface area (Å²) in [4.78, 5) is 14.8. The first-order valence-corrected chi connectivity index (χ1v) is 6.57. The summed E-state index contributed by atoms with van der Waals surface area (Å²) < 4.78 is 5.19. The van der Waals surface area contributed by atoms with Gasteiger partial charge >= 0.3 is 5.97 Å². The van der Waals surface area contributed by atoms with Crippen molar-refractivity contribution in [2.24, 2.45) is 11.0 Å². The summed E-state index contributed by atoms with van der Waals surface area (Å²) in [5.74, 6) is 0.340. The smallest absolute Gasteiger partial charge is 0.326 e. The van der Waals surface area contributed by atoms with Crippen LogP contribution in [0.5, 0.6) is 0 Å². The number of nitrogens with one attached hydrogen (secondary N) is 1. The molecular weight excluding hydrogens is 232 g/mol. The fourth-order valence-corrected chi connectivity index (χ4v) is 2.63. The van der Waals surface area contributed by atoms with Gasteiger partial charge in [0.2, 0.25) is 0 Å². The molecule has 2 atom stereocenters. The molecule has 1 fully saturated rings. The van der Waals surface area contributed by atoms with Crippen LogP contribution in [-0.2, 0) is 9.53 Å². The molecule has 6 nitrogen and oxygen atoms in total.